The van der Waals surface area contributed by atoms with Crippen LogP contribution in [-0.4, -0.2) is 50.2 Å². The lowest BCUT2D eigenvalue weighted by molar-refractivity contribution is -0.116. The number of carbonyl (C=O) groups excluding carboxylic acids is 4. The Hall–Kier alpha value is -3.20. The molecule has 0 saturated heterocycles. The summed E-state index contributed by atoms with van der Waals surface area (Å²) in [6.07, 6.45) is 0. The SMILES string of the molecule is O=C(Nc1ccc(C(=Nc2ccc(N=C(c3ccc(NC(=O)C(Cl)(Cl)Cl)cc3)c3ccc(NC(=O)C(Cl)(Cl)Cl)cc3)cc2)c2ccc(NC(=O)C(Cl)(Cl)Cl)cc2)cc1)C(Cl)(Cl)Cl. The summed E-state index contributed by atoms with van der Waals surface area (Å²) in [4.78, 5) is 58.9. The fraction of sp³-hybridized carbons (Fsp3) is 0.100. The molecule has 0 aromatic heterocycles. The Morgan fingerprint density at radius 2 is 0.484 bits per heavy atom. The molecule has 0 bridgehead atoms. The van der Waals surface area contributed by atoms with Gasteiger partial charge in [-0.3, -0.25) is 19.2 Å². The van der Waals surface area contributed by atoms with Crippen molar-refractivity contribution in [2.24, 2.45) is 9.98 Å². The van der Waals surface area contributed by atoms with E-state index in [9.17, 15) is 19.2 Å². The van der Waals surface area contributed by atoms with Crippen LogP contribution in [0, 0.1) is 0 Å². The molecule has 4 amide bonds. The molecule has 5 rings (SSSR count). The summed E-state index contributed by atoms with van der Waals surface area (Å²) in [5.74, 6) is -3.36. The van der Waals surface area contributed by atoms with Crippen molar-refractivity contribution in [2.75, 3.05) is 21.3 Å². The van der Waals surface area contributed by atoms with Gasteiger partial charge < -0.3 is 21.3 Å². The minimum Gasteiger partial charge on any atom is -0.322 e. The predicted molar refractivity (Wildman–Crippen MR) is 258 cm³/mol. The molecule has 4 N–H and O–H groups in total. The minimum absolute atomic E-state index is 0.358. The van der Waals surface area contributed by atoms with E-state index in [2.05, 4.69) is 21.3 Å². The highest BCUT2D eigenvalue weighted by Crippen LogP contribution is 2.32. The van der Waals surface area contributed by atoms with Gasteiger partial charge in [0, 0.05) is 45.0 Å². The van der Waals surface area contributed by atoms with Crippen LogP contribution < -0.4 is 21.3 Å². The van der Waals surface area contributed by atoms with E-state index < -0.39 is 38.8 Å². The molecule has 62 heavy (non-hydrogen) atoms. The molecule has 0 radical (unpaired) electrons. The monoisotopic (exact) mass is 1070 g/mol. The number of alkyl halides is 12. The van der Waals surface area contributed by atoms with E-state index in [1.54, 1.807) is 121 Å². The number of aliphatic imine (C=N–C) groups is 2. The molecule has 0 fully saturated rings. The van der Waals surface area contributed by atoms with Crippen molar-refractivity contribution in [1.29, 1.82) is 0 Å². The van der Waals surface area contributed by atoms with Crippen LogP contribution in [0.15, 0.2) is 131 Å². The maximum Gasteiger partial charge on any atom is 0.276 e. The molecule has 0 unspecified atom stereocenters. The average molecular weight is 1080 g/mol. The number of hydrogen-bond acceptors (Lipinski definition) is 6. The van der Waals surface area contributed by atoms with Gasteiger partial charge in [0.25, 0.3) is 38.8 Å². The Balaban J connectivity index is 1.52. The number of nitrogens with zero attached hydrogens (tertiary/aromatic N) is 2. The average Bonchev–Trinajstić information content (AvgIpc) is 3.19. The first-order chi connectivity index (χ1) is 28.9. The van der Waals surface area contributed by atoms with Crippen LogP contribution in [0.2, 0.25) is 0 Å². The van der Waals surface area contributed by atoms with Crippen LogP contribution in [0.1, 0.15) is 22.3 Å². The molecule has 0 heterocycles. The first-order valence-corrected chi connectivity index (χ1v) is 21.6. The van der Waals surface area contributed by atoms with E-state index in [-0.39, 0.29) is 0 Å². The minimum atomic E-state index is -2.18. The molecular weight excluding hydrogens is 1050 g/mol. The van der Waals surface area contributed by atoms with E-state index in [1.165, 1.54) is 0 Å². The number of hydrogen-bond donors (Lipinski definition) is 4. The lowest BCUT2D eigenvalue weighted by atomic mass is 10.0. The van der Waals surface area contributed by atoms with Crippen molar-refractivity contribution >= 4 is 208 Å². The van der Waals surface area contributed by atoms with Gasteiger partial charge in [0.1, 0.15) is 0 Å². The van der Waals surface area contributed by atoms with Crippen molar-refractivity contribution in [3.8, 4) is 0 Å². The van der Waals surface area contributed by atoms with Gasteiger partial charge in [-0.05, 0) is 72.8 Å². The Morgan fingerprint density at radius 1 is 0.306 bits per heavy atom. The quantitative estimate of drug-likeness (QED) is 0.0816. The van der Waals surface area contributed by atoms with E-state index in [1.807, 2.05) is 0 Å². The molecule has 5 aromatic rings. The molecule has 0 saturated carbocycles. The highest BCUT2D eigenvalue weighted by molar-refractivity contribution is 6.78. The molecule has 0 aliphatic rings. The van der Waals surface area contributed by atoms with Gasteiger partial charge in [0.15, 0.2) is 0 Å². The van der Waals surface area contributed by atoms with Crippen molar-refractivity contribution in [1.82, 2.24) is 0 Å². The molecule has 322 valence electrons. The fourth-order valence-electron chi connectivity index (χ4n) is 5.11. The molecule has 0 aliphatic heterocycles. The van der Waals surface area contributed by atoms with Crippen LogP contribution in [0.3, 0.4) is 0 Å². The molecule has 0 spiro atoms. The third kappa shape index (κ3) is 14.4. The summed E-state index contributed by atoms with van der Waals surface area (Å²) >= 11 is 68.6. The van der Waals surface area contributed by atoms with Crippen LogP contribution in [0.4, 0.5) is 34.1 Å². The van der Waals surface area contributed by atoms with Crippen molar-refractivity contribution in [3.05, 3.63) is 144 Å². The zero-order valence-corrected chi connectivity index (χ0v) is 39.7. The highest BCUT2D eigenvalue weighted by Gasteiger charge is 2.33. The molecule has 0 atom stereocenters. The number of halogens is 12. The summed E-state index contributed by atoms with van der Waals surface area (Å²) in [5.41, 5.74) is 5.96. The van der Waals surface area contributed by atoms with Gasteiger partial charge in [0.2, 0.25) is 0 Å². The van der Waals surface area contributed by atoms with Crippen LogP contribution in [-0.2, 0) is 19.2 Å². The van der Waals surface area contributed by atoms with Crippen molar-refractivity contribution in [2.45, 2.75) is 15.2 Å². The second kappa shape index (κ2) is 20.7. The van der Waals surface area contributed by atoms with Crippen LogP contribution >= 0.6 is 139 Å². The summed E-state index contributed by atoms with van der Waals surface area (Å²) < 4.78 is -8.70. The van der Waals surface area contributed by atoms with Gasteiger partial charge in [-0.15, -0.1) is 0 Å². The third-order valence-electron chi connectivity index (χ3n) is 8.03. The Morgan fingerprint density at radius 3 is 0.645 bits per heavy atom. The maximum atomic E-state index is 12.3. The molecule has 10 nitrogen and oxygen atoms in total. The van der Waals surface area contributed by atoms with E-state index >= 15 is 0 Å². The van der Waals surface area contributed by atoms with Gasteiger partial charge in [0.05, 0.1) is 22.8 Å². The summed E-state index contributed by atoms with van der Waals surface area (Å²) in [7, 11) is 0. The summed E-state index contributed by atoms with van der Waals surface area (Å²) in [5, 5.41) is 10.1. The Kier molecular flexibility index (Phi) is 16.7. The molecule has 5 aromatic carbocycles. The van der Waals surface area contributed by atoms with E-state index in [4.69, 9.17) is 149 Å². The normalized spacial score (nSPS) is 11.8. The lowest BCUT2D eigenvalue weighted by Gasteiger charge is -2.14. The van der Waals surface area contributed by atoms with Crippen LogP contribution in [0.25, 0.3) is 0 Å². The largest absolute Gasteiger partial charge is 0.322 e. The number of carbonyl (C=O) groups is 4. The van der Waals surface area contributed by atoms with Gasteiger partial charge in [-0.1, -0.05) is 188 Å². The van der Waals surface area contributed by atoms with E-state index in [0.717, 1.165) is 0 Å². The smallest absolute Gasteiger partial charge is 0.276 e. The van der Waals surface area contributed by atoms with Crippen molar-refractivity contribution in [3.63, 3.8) is 0 Å². The second-order valence-electron chi connectivity index (χ2n) is 12.6. The maximum absolute atomic E-state index is 12.3. The Bertz CT molecular complexity index is 2170. The number of rotatable bonds is 10. The molecular formula is C40H24Cl12N6O4. The predicted octanol–water partition coefficient (Wildman–Crippen LogP) is 13.3. The second-order valence-corrected chi connectivity index (χ2v) is 21.7. The summed E-state index contributed by atoms with van der Waals surface area (Å²) in [6.45, 7) is 0. The first kappa shape index (κ1) is 49.8. The molecule has 22 heteroatoms. The van der Waals surface area contributed by atoms with Crippen molar-refractivity contribution < 1.29 is 19.2 Å². The Labute approximate surface area is 414 Å². The lowest BCUT2D eigenvalue weighted by Crippen LogP contribution is -2.27. The summed E-state index contributed by atoms with van der Waals surface area (Å²) in [6, 6.07) is 33.5. The third-order valence-corrected chi connectivity index (χ3v) is 10.1. The zero-order chi connectivity index (χ0) is 45.6. The van der Waals surface area contributed by atoms with Crippen LogP contribution in [0.5, 0.6) is 0 Å². The zero-order valence-electron chi connectivity index (χ0n) is 30.6. The van der Waals surface area contributed by atoms with Gasteiger partial charge >= 0.3 is 0 Å². The standard InChI is InChI=1S/C40H24Cl12N6O4/c41-37(42,43)33(59)55-27-9-1-21(2-10-27)31(22-3-11-28(12-4-22)56-34(60)38(44,45)46)53-25-17-19-26(20-18-25)54-32(23-5-13-29(14-6-23)57-35(61)39(47,48)49)24-7-15-30(16-8-24)58-36(62)40(50,51)52/h1-20H,(H,55,59)(H,56,60)(H,57,61)(H,58,62). The highest BCUT2D eigenvalue weighted by atomic mass is 35.6. The topological polar surface area (TPSA) is 141 Å². The van der Waals surface area contributed by atoms with Gasteiger partial charge in [-0.25, -0.2) is 9.98 Å². The molecule has 0 aliphatic carbocycles. The van der Waals surface area contributed by atoms with E-state index in [0.29, 0.717) is 67.8 Å². The first-order valence-electron chi connectivity index (χ1n) is 17.1. The number of benzene rings is 5. The number of anilines is 4. The fourth-order valence-corrected chi connectivity index (χ4v) is 5.67. The number of nitrogens with one attached hydrogen (secondary N) is 4. The number of amides is 4. The van der Waals surface area contributed by atoms with Gasteiger partial charge in [-0.2, -0.15) is 0 Å².